The van der Waals surface area contributed by atoms with E-state index in [4.69, 9.17) is 4.74 Å². The molecule has 0 saturated carbocycles. The van der Waals surface area contributed by atoms with E-state index in [-0.39, 0.29) is 18.3 Å². The van der Waals surface area contributed by atoms with E-state index in [1.54, 1.807) is 11.1 Å². The van der Waals surface area contributed by atoms with E-state index in [0.717, 1.165) is 15.2 Å². The minimum absolute atomic E-state index is 0.106. The van der Waals surface area contributed by atoms with E-state index in [9.17, 15) is 9.59 Å². The molecule has 2 aromatic rings. The van der Waals surface area contributed by atoms with Gasteiger partial charge in [0, 0.05) is 34.4 Å². The van der Waals surface area contributed by atoms with E-state index < -0.39 is 5.92 Å². The Morgan fingerprint density at radius 2 is 2.10 bits per heavy atom. The van der Waals surface area contributed by atoms with Crippen LogP contribution in [0.5, 0.6) is 0 Å². The third kappa shape index (κ3) is 2.40. The van der Waals surface area contributed by atoms with Crippen molar-refractivity contribution in [2.45, 2.75) is 6.42 Å². The largest absolute Gasteiger partial charge is 0.469 e. The SMILES string of the molecule is COC(=O)C1CC(=O)N(c2ncc(Br)c3ccccc23)C1. The summed E-state index contributed by atoms with van der Waals surface area (Å²) < 4.78 is 5.60. The number of pyridine rings is 1. The number of carbonyl (C=O) groups excluding carboxylic acids is 2. The summed E-state index contributed by atoms with van der Waals surface area (Å²) in [6.45, 7) is 0.310. The van der Waals surface area contributed by atoms with Crippen molar-refractivity contribution in [3.05, 3.63) is 34.9 Å². The number of ether oxygens (including phenoxy) is 1. The fourth-order valence-electron chi connectivity index (χ4n) is 2.60. The molecular formula is C15H13BrN2O3. The van der Waals surface area contributed by atoms with E-state index >= 15 is 0 Å². The second kappa shape index (κ2) is 5.44. The molecule has 0 bridgehead atoms. The Balaban J connectivity index is 2.04. The summed E-state index contributed by atoms with van der Waals surface area (Å²) in [6, 6.07) is 7.71. The van der Waals surface area contributed by atoms with Gasteiger partial charge in [0.1, 0.15) is 5.82 Å². The maximum absolute atomic E-state index is 12.2. The van der Waals surface area contributed by atoms with Gasteiger partial charge < -0.3 is 4.74 Å². The van der Waals surface area contributed by atoms with Crippen LogP contribution in [-0.4, -0.2) is 30.5 Å². The van der Waals surface area contributed by atoms with Gasteiger partial charge in [-0.3, -0.25) is 14.5 Å². The lowest BCUT2D eigenvalue weighted by Gasteiger charge is -2.17. The quantitative estimate of drug-likeness (QED) is 0.782. The first-order chi connectivity index (χ1) is 10.1. The second-order valence-electron chi connectivity index (χ2n) is 4.90. The van der Waals surface area contributed by atoms with Crippen LogP contribution in [0, 0.1) is 5.92 Å². The fraction of sp³-hybridized carbons (Fsp3) is 0.267. The number of methoxy groups -OCH3 is 1. The minimum Gasteiger partial charge on any atom is -0.469 e. The standard InChI is InChI=1S/C15H13BrN2O3/c1-21-15(20)9-6-13(19)18(8-9)14-11-5-3-2-4-10(11)12(16)7-17-14/h2-5,7,9H,6,8H2,1H3. The lowest BCUT2D eigenvalue weighted by Crippen LogP contribution is -2.27. The number of amides is 1. The van der Waals surface area contributed by atoms with Gasteiger partial charge in [-0.2, -0.15) is 0 Å². The molecule has 0 radical (unpaired) electrons. The highest BCUT2D eigenvalue weighted by Gasteiger charge is 2.37. The average Bonchev–Trinajstić information content (AvgIpc) is 2.89. The maximum atomic E-state index is 12.2. The van der Waals surface area contributed by atoms with Crippen LogP contribution in [0.2, 0.25) is 0 Å². The van der Waals surface area contributed by atoms with E-state index in [1.165, 1.54) is 7.11 Å². The van der Waals surface area contributed by atoms with E-state index in [2.05, 4.69) is 20.9 Å². The first-order valence-corrected chi connectivity index (χ1v) is 7.32. The normalized spacial score (nSPS) is 18.3. The molecular weight excluding hydrogens is 336 g/mol. The molecule has 1 aliphatic rings. The van der Waals surface area contributed by atoms with Crippen LogP contribution in [-0.2, 0) is 14.3 Å². The summed E-state index contributed by atoms with van der Waals surface area (Å²) in [5, 5.41) is 1.86. The molecule has 1 aromatic carbocycles. The van der Waals surface area contributed by atoms with Crippen LogP contribution in [0.4, 0.5) is 5.82 Å². The molecule has 1 aromatic heterocycles. The summed E-state index contributed by atoms with van der Waals surface area (Å²) in [4.78, 5) is 29.8. The van der Waals surface area contributed by atoms with Gasteiger partial charge in [-0.25, -0.2) is 4.98 Å². The van der Waals surface area contributed by atoms with Crippen LogP contribution in [0.1, 0.15) is 6.42 Å². The Bertz CT molecular complexity index is 732. The van der Waals surface area contributed by atoms with Gasteiger partial charge in [-0.1, -0.05) is 24.3 Å². The number of anilines is 1. The Hall–Kier alpha value is -1.95. The maximum Gasteiger partial charge on any atom is 0.311 e. The third-order valence-electron chi connectivity index (χ3n) is 3.64. The molecule has 1 atom stereocenters. The molecule has 0 aliphatic carbocycles. The predicted molar refractivity (Wildman–Crippen MR) is 81.9 cm³/mol. The number of nitrogens with zero attached hydrogens (tertiary/aromatic N) is 2. The summed E-state index contributed by atoms with van der Waals surface area (Å²) in [7, 11) is 1.34. The molecule has 0 spiro atoms. The van der Waals surface area contributed by atoms with Crippen LogP contribution in [0.3, 0.4) is 0 Å². The molecule has 1 aliphatic heterocycles. The van der Waals surface area contributed by atoms with Gasteiger partial charge in [0.15, 0.2) is 0 Å². The Labute approximate surface area is 130 Å². The third-order valence-corrected chi connectivity index (χ3v) is 4.27. The smallest absolute Gasteiger partial charge is 0.311 e. The van der Waals surface area contributed by atoms with E-state index in [0.29, 0.717) is 12.4 Å². The molecule has 3 rings (SSSR count). The predicted octanol–water partition coefficient (Wildman–Crippen LogP) is 2.52. The summed E-state index contributed by atoms with van der Waals surface area (Å²) in [6.07, 6.45) is 1.84. The Morgan fingerprint density at radius 1 is 1.38 bits per heavy atom. The van der Waals surface area contributed by atoms with Gasteiger partial charge in [0.25, 0.3) is 0 Å². The number of aromatic nitrogens is 1. The second-order valence-corrected chi connectivity index (χ2v) is 5.76. The van der Waals surface area contributed by atoms with Crippen molar-refractivity contribution in [1.82, 2.24) is 4.98 Å². The molecule has 6 heteroatoms. The van der Waals surface area contributed by atoms with Crippen LogP contribution in [0.15, 0.2) is 34.9 Å². The van der Waals surface area contributed by atoms with Crippen molar-refractivity contribution in [2.75, 3.05) is 18.6 Å². The van der Waals surface area contributed by atoms with Crippen molar-refractivity contribution in [2.24, 2.45) is 5.92 Å². The Morgan fingerprint density at radius 3 is 2.81 bits per heavy atom. The molecule has 2 heterocycles. The van der Waals surface area contributed by atoms with Gasteiger partial charge in [0.05, 0.1) is 13.0 Å². The van der Waals surface area contributed by atoms with Gasteiger partial charge in [-0.05, 0) is 15.9 Å². The van der Waals surface area contributed by atoms with Gasteiger partial charge >= 0.3 is 5.97 Å². The highest BCUT2D eigenvalue weighted by Crippen LogP contribution is 2.33. The topological polar surface area (TPSA) is 59.5 Å². The Kier molecular flexibility index (Phi) is 3.63. The van der Waals surface area contributed by atoms with Crippen LogP contribution < -0.4 is 4.90 Å². The molecule has 1 unspecified atom stereocenters. The lowest BCUT2D eigenvalue weighted by atomic mass is 10.1. The zero-order valence-electron chi connectivity index (χ0n) is 11.4. The van der Waals surface area contributed by atoms with Crippen LogP contribution in [0.25, 0.3) is 10.8 Å². The fourth-order valence-corrected chi connectivity index (χ4v) is 3.04. The molecule has 1 saturated heterocycles. The number of hydrogen-bond donors (Lipinski definition) is 0. The van der Waals surface area contributed by atoms with Crippen molar-refractivity contribution >= 4 is 44.4 Å². The highest BCUT2D eigenvalue weighted by atomic mass is 79.9. The highest BCUT2D eigenvalue weighted by molar-refractivity contribution is 9.10. The summed E-state index contributed by atoms with van der Waals surface area (Å²) in [5.74, 6) is -0.297. The monoisotopic (exact) mass is 348 g/mol. The lowest BCUT2D eigenvalue weighted by molar-refractivity contribution is -0.145. The van der Waals surface area contributed by atoms with E-state index in [1.807, 2.05) is 24.3 Å². The van der Waals surface area contributed by atoms with Crippen molar-refractivity contribution in [1.29, 1.82) is 0 Å². The number of fused-ring (bicyclic) bond motifs is 1. The first-order valence-electron chi connectivity index (χ1n) is 6.53. The van der Waals surface area contributed by atoms with Crippen molar-refractivity contribution in [3.63, 3.8) is 0 Å². The van der Waals surface area contributed by atoms with Crippen molar-refractivity contribution in [3.8, 4) is 0 Å². The van der Waals surface area contributed by atoms with Gasteiger partial charge in [-0.15, -0.1) is 0 Å². The number of benzene rings is 1. The summed E-state index contributed by atoms with van der Waals surface area (Å²) in [5.41, 5.74) is 0. The molecule has 108 valence electrons. The first kappa shape index (κ1) is 14.0. The number of hydrogen-bond acceptors (Lipinski definition) is 4. The number of carbonyl (C=O) groups is 2. The molecule has 1 fully saturated rings. The summed E-state index contributed by atoms with van der Waals surface area (Å²) >= 11 is 3.46. The van der Waals surface area contributed by atoms with Gasteiger partial charge in [0.2, 0.25) is 5.91 Å². The minimum atomic E-state index is -0.424. The molecule has 5 nitrogen and oxygen atoms in total. The average molecular weight is 349 g/mol. The number of rotatable bonds is 2. The zero-order valence-corrected chi connectivity index (χ0v) is 13.0. The zero-order chi connectivity index (χ0) is 15.0. The van der Waals surface area contributed by atoms with Crippen molar-refractivity contribution < 1.29 is 14.3 Å². The molecule has 1 amide bonds. The molecule has 0 N–H and O–H groups in total. The molecule has 21 heavy (non-hydrogen) atoms. The van der Waals surface area contributed by atoms with Crippen LogP contribution >= 0.6 is 15.9 Å². The number of esters is 1. The number of halogens is 1.